The summed E-state index contributed by atoms with van der Waals surface area (Å²) in [5.74, 6) is 0.863. The molecule has 1 saturated heterocycles. The Hall–Kier alpha value is -2.68. The van der Waals surface area contributed by atoms with E-state index in [-0.39, 0.29) is 17.5 Å². The van der Waals surface area contributed by atoms with Gasteiger partial charge in [0.15, 0.2) is 11.5 Å². The third-order valence-corrected chi connectivity index (χ3v) is 4.07. The Kier molecular flexibility index (Phi) is 6.07. The minimum atomic E-state index is -0.369. The van der Waals surface area contributed by atoms with Crippen LogP contribution < -0.4 is 14.8 Å². The fraction of sp³-hybridized carbons (Fsp3) is 0.444. The zero-order valence-electron chi connectivity index (χ0n) is 14.3. The standard InChI is InChI=1S/C18H23N3O3/c1-13(14-6-7-16(23-2)17(10-14)24-3)20-18(22)15(11-19)12-21-8-4-5-9-21/h6-7,10,12-13H,4-5,8-9H2,1-3H3,(H,20,22)/b15-12-. The molecule has 1 atom stereocenters. The number of carbonyl (C=O) groups excluding carboxylic acids is 1. The maximum Gasteiger partial charge on any atom is 0.263 e. The van der Waals surface area contributed by atoms with Gasteiger partial charge >= 0.3 is 0 Å². The molecule has 1 N–H and O–H groups in total. The predicted molar refractivity (Wildman–Crippen MR) is 90.6 cm³/mol. The highest BCUT2D eigenvalue weighted by atomic mass is 16.5. The molecule has 1 heterocycles. The largest absolute Gasteiger partial charge is 0.493 e. The van der Waals surface area contributed by atoms with Gasteiger partial charge in [-0.15, -0.1) is 0 Å². The fourth-order valence-electron chi connectivity index (χ4n) is 2.67. The van der Waals surface area contributed by atoms with Crippen molar-refractivity contribution in [1.29, 1.82) is 5.26 Å². The Balaban J connectivity index is 2.09. The normalized spacial score (nSPS) is 15.6. The second kappa shape index (κ2) is 8.25. The van der Waals surface area contributed by atoms with E-state index in [9.17, 15) is 10.1 Å². The number of amides is 1. The number of hydrogen-bond donors (Lipinski definition) is 1. The van der Waals surface area contributed by atoms with Gasteiger partial charge < -0.3 is 19.7 Å². The van der Waals surface area contributed by atoms with Gasteiger partial charge in [0.1, 0.15) is 11.6 Å². The Morgan fingerprint density at radius 1 is 1.29 bits per heavy atom. The average molecular weight is 329 g/mol. The van der Waals surface area contributed by atoms with E-state index in [0.717, 1.165) is 31.5 Å². The van der Waals surface area contributed by atoms with Crippen LogP contribution >= 0.6 is 0 Å². The number of benzene rings is 1. The molecule has 0 aromatic heterocycles. The zero-order valence-corrected chi connectivity index (χ0v) is 14.3. The zero-order chi connectivity index (χ0) is 17.5. The van der Waals surface area contributed by atoms with E-state index in [1.807, 2.05) is 30.0 Å². The molecule has 1 fully saturated rings. The highest BCUT2D eigenvalue weighted by molar-refractivity contribution is 5.97. The first-order valence-electron chi connectivity index (χ1n) is 7.97. The summed E-state index contributed by atoms with van der Waals surface area (Å²) in [4.78, 5) is 14.4. The maximum atomic E-state index is 12.3. The van der Waals surface area contributed by atoms with Gasteiger partial charge in [-0.1, -0.05) is 6.07 Å². The lowest BCUT2D eigenvalue weighted by Gasteiger charge is -2.17. The first-order chi connectivity index (χ1) is 11.6. The summed E-state index contributed by atoms with van der Waals surface area (Å²) >= 11 is 0. The number of nitrogens with zero attached hydrogens (tertiary/aromatic N) is 2. The van der Waals surface area contributed by atoms with Crippen LogP contribution in [0.2, 0.25) is 0 Å². The third-order valence-electron chi connectivity index (χ3n) is 4.07. The molecule has 0 spiro atoms. The molecule has 1 aromatic rings. The minimum Gasteiger partial charge on any atom is -0.493 e. The minimum absolute atomic E-state index is 0.129. The van der Waals surface area contributed by atoms with E-state index >= 15 is 0 Å². The molecule has 1 aliphatic heterocycles. The van der Waals surface area contributed by atoms with Crippen LogP contribution in [0, 0.1) is 11.3 Å². The molecule has 1 aliphatic rings. The molecule has 1 aromatic carbocycles. The molecule has 6 heteroatoms. The summed E-state index contributed by atoms with van der Waals surface area (Å²) in [6, 6.07) is 7.21. The van der Waals surface area contributed by atoms with Crippen LogP contribution in [0.5, 0.6) is 11.5 Å². The second-order valence-electron chi connectivity index (χ2n) is 5.71. The van der Waals surface area contributed by atoms with E-state index < -0.39 is 0 Å². The smallest absolute Gasteiger partial charge is 0.263 e. The molecule has 0 bridgehead atoms. The summed E-state index contributed by atoms with van der Waals surface area (Å²) in [6.45, 7) is 3.65. The van der Waals surface area contributed by atoms with Crippen molar-refractivity contribution in [1.82, 2.24) is 10.2 Å². The van der Waals surface area contributed by atoms with Crippen molar-refractivity contribution in [2.75, 3.05) is 27.3 Å². The SMILES string of the molecule is COc1ccc(C(C)NC(=O)/C(C#N)=C\N2CCCC2)cc1OC. The number of rotatable bonds is 6. The van der Waals surface area contributed by atoms with Gasteiger partial charge in [0, 0.05) is 19.3 Å². The Bertz CT molecular complexity index is 658. The summed E-state index contributed by atoms with van der Waals surface area (Å²) in [5.41, 5.74) is 1.00. The molecule has 0 saturated carbocycles. The lowest BCUT2D eigenvalue weighted by Crippen LogP contribution is -2.29. The van der Waals surface area contributed by atoms with Gasteiger partial charge in [0.05, 0.1) is 20.3 Å². The maximum absolute atomic E-state index is 12.3. The number of carbonyl (C=O) groups is 1. The van der Waals surface area contributed by atoms with Gasteiger partial charge in [0.25, 0.3) is 5.91 Å². The van der Waals surface area contributed by atoms with Crippen molar-refractivity contribution >= 4 is 5.91 Å². The van der Waals surface area contributed by atoms with Crippen molar-refractivity contribution in [3.05, 3.63) is 35.5 Å². The molecule has 24 heavy (non-hydrogen) atoms. The van der Waals surface area contributed by atoms with Crippen LogP contribution in [0.3, 0.4) is 0 Å². The molecule has 0 aliphatic carbocycles. The Morgan fingerprint density at radius 2 is 1.96 bits per heavy atom. The van der Waals surface area contributed by atoms with Crippen molar-refractivity contribution in [3.63, 3.8) is 0 Å². The predicted octanol–water partition coefficient (Wildman–Crippen LogP) is 2.38. The van der Waals surface area contributed by atoms with Crippen LogP contribution in [-0.2, 0) is 4.79 Å². The van der Waals surface area contributed by atoms with Gasteiger partial charge in [0.2, 0.25) is 0 Å². The van der Waals surface area contributed by atoms with Crippen molar-refractivity contribution in [2.45, 2.75) is 25.8 Å². The summed E-state index contributed by atoms with van der Waals surface area (Å²) in [7, 11) is 3.14. The van der Waals surface area contributed by atoms with Crippen LogP contribution in [-0.4, -0.2) is 38.1 Å². The highest BCUT2D eigenvalue weighted by Crippen LogP contribution is 2.29. The third kappa shape index (κ3) is 4.19. The van der Waals surface area contributed by atoms with E-state index in [1.54, 1.807) is 26.5 Å². The number of nitriles is 1. The number of hydrogen-bond acceptors (Lipinski definition) is 5. The topological polar surface area (TPSA) is 74.6 Å². The van der Waals surface area contributed by atoms with Crippen LogP contribution in [0.15, 0.2) is 30.0 Å². The Labute approximate surface area is 142 Å². The summed E-state index contributed by atoms with van der Waals surface area (Å²) in [5, 5.41) is 12.1. The molecule has 0 radical (unpaired) electrons. The number of nitrogens with one attached hydrogen (secondary N) is 1. The second-order valence-corrected chi connectivity index (χ2v) is 5.71. The first-order valence-corrected chi connectivity index (χ1v) is 7.97. The van der Waals surface area contributed by atoms with Crippen molar-refractivity contribution < 1.29 is 14.3 Å². The van der Waals surface area contributed by atoms with Gasteiger partial charge in [-0.3, -0.25) is 4.79 Å². The summed E-state index contributed by atoms with van der Waals surface area (Å²) in [6.07, 6.45) is 3.85. The number of methoxy groups -OCH3 is 2. The highest BCUT2D eigenvalue weighted by Gasteiger charge is 2.17. The van der Waals surface area contributed by atoms with Crippen molar-refractivity contribution in [3.8, 4) is 17.6 Å². The number of ether oxygens (including phenoxy) is 2. The number of likely N-dealkylation sites (tertiary alicyclic amines) is 1. The lowest BCUT2D eigenvalue weighted by molar-refractivity contribution is -0.117. The molecule has 1 unspecified atom stereocenters. The monoisotopic (exact) mass is 329 g/mol. The van der Waals surface area contributed by atoms with Crippen LogP contribution in [0.25, 0.3) is 0 Å². The van der Waals surface area contributed by atoms with Gasteiger partial charge in [-0.2, -0.15) is 5.26 Å². The molecule has 128 valence electrons. The molecule has 6 nitrogen and oxygen atoms in total. The molecular weight excluding hydrogens is 306 g/mol. The van der Waals surface area contributed by atoms with E-state index in [0.29, 0.717) is 11.5 Å². The van der Waals surface area contributed by atoms with Crippen LogP contribution in [0.1, 0.15) is 31.4 Å². The average Bonchev–Trinajstić information content (AvgIpc) is 3.11. The Morgan fingerprint density at radius 3 is 2.54 bits per heavy atom. The van der Waals surface area contributed by atoms with Gasteiger partial charge in [-0.25, -0.2) is 0 Å². The molecule has 2 rings (SSSR count). The van der Waals surface area contributed by atoms with Crippen molar-refractivity contribution in [2.24, 2.45) is 0 Å². The first kappa shape index (κ1) is 17.7. The van der Waals surface area contributed by atoms with Gasteiger partial charge in [-0.05, 0) is 37.5 Å². The quantitative estimate of drug-likeness (QED) is 0.641. The molecular formula is C18H23N3O3. The molecule has 1 amide bonds. The van der Waals surface area contributed by atoms with E-state index in [1.165, 1.54) is 0 Å². The van der Waals surface area contributed by atoms with Crippen LogP contribution in [0.4, 0.5) is 0 Å². The van der Waals surface area contributed by atoms with E-state index in [4.69, 9.17) is 9.47 Å². The summed E-state index contributed by atoms with van der Waals surface area (Å²) < 4.78 is 10.5. The van der Waals surface area contributed by atoms with E-state index in [2.05, 4.69) is 5.32 Å². The fourth-order valence-corrected chi connectivity index (χ4v) is 2.67. The lowest BCUT2D eigenvalue weighted by atomic mass is 10.1.